The number of aromatic nitrogens is 1. The Morgan fingerprint density at radius 3 is 2.58 bits per heavy atom. The fourth-order valence-electron chi connectivity index (χ4n) is 3.31. The zero-order chi connectivity index (χ0) is 18.5. The zero-order valence-corrected chi connectivity index (χ0v) is 15.8. The first-order valence-corrected chi connectivity index (χ1v) is 9.13. The van der Waals surface area contributed by atoms with E-state index in [0.717, 1.165) is 31.9 Å². The van der Waals surface area contributed by atoms with E-state index < -0.39 is 0 Å². The van der Waals surface area contributed by atoms with E-state index in [9.17, 15) is 4.79 Å². The molecule has 138 valence electrons. The Hall–Kier alpha value is -2.40. The lowest BCUT2D eigenvalue weighted by molar-refractivity contribution is 0.0197. The number of carbonyl (C=O) groups excluding carboxylic acids is 1. The van der Waals surface area contributed by atoms with E-state index in [2.05, 4.69) is 29.8 Å². The van der Waals surface area contributed by atoms with Gasteiger partial charge in [-0.05, 0) is 41.8 Å². The Kier molecular flexibility index (Phi) is 5.89. The van der Waals surface area contributed by atoms with Crippen LogP contribution in [0.4, 0.5) is 0 Å². The first-order chi connectivity index (χ1) is 12.6. The van der Waals surface area contributed by atoms with Gasteiger partial charge in [0, 0.05) is 50.2 Å². The molecule has 0 spiro atoms. The van der Waals surface area contributed by atoms with Crippen molar-refractivity contribution in [3.05, 3.63) is 59.9 Å². The minimum absolute atomic E-state index is 0.0924. The van der Waals surface area contributed by atoms with Crippen LogP contribution in [-0.2, 0) is 6.54 Å². The molecule has 26 heavy (non-hydrogen) atoms. The highest BCUT2D eigenvalue weighted by Gasteiger charge is 2.35. The highest BCUT2D eigenvalue weighted by atomic mass is 16.5. The van der Waals surface area contributed by atoms with E-state index in [1.165, 1.54) is 5.56 Å². The van der Waals surface area contributed by atoms with Crippen molar-refractivity contribution in [2.45, 2.75) is 26.4 Å². The highest BCUT2D eigenvalue weighted by molar-refractivity contribution is 5.94. The Bertz CT molecular complexity index is 710. The lowest BCUT2D eigenvalue weighted by atomic mass is 10.0. The monoisotopic (exact) mass is 353 g/mol. The number of amides is 1. The van der Waals surface area contributed by atoms with E-state index in [4.69, 9.17) is 4.74 Å². The molecule has 0 bridgehead atoms. The van der Waals surface area contributed by atoms with Gasteiger partial charge in [-0.3, -0.25) is 14.7 Å². The first-order valence-electron chi connectivity index (χ1n) is 9.13. The lowest BCUT2D eigenvalue weighted by Gasteiger charge is -2.46. The molecule has 3 rings (SSSR count). The number of likely N-dealkylation sites (tertiary alicyclic amines) is 1. The van der Waals surface area contributed by atoms with Crippen LogP contribution in [0.5, 0.6) is 5.75 Å². The van der Waals surface area contributed by atoms with Crippen molar-refractivity contribution in [3.63, 3.8) is 0 Å². The van der Waals surface area contributed by atoms with Crippen molar-refractivity contribution in [3.8, 4) is 5.75 Å². The summed E-state index contributed by atoms with van der Waals surface area (Å²) < 4.78 is 5.16. The molecule has 0 unspecified atom stereocenters. The summed E-state index contributed by atoms with van der Waals surface area (Å²) in [6.45, 7) is 7.91. The Morgan fingerprint density at radius 1 is 1.27 bits per heavy atom. The summed E-state index contributed by atoms with van der Waals surface area (Å²) in [6.07, 6.45) is 3.72. The number of hydrogen-bond donors (Lipinski definition) is 0. The summed E-state index contributed by atoms with van der Waals surface area (Å²) in [5.41, 5.74) is 1.93. The largest absolute Gasteiger partial charge is 0.497 e. The normalized spacial score (nSPS) is 14.6. The number of pyridine rings is 1. The number of nitrogens with zero attached hydrogens (tertiary/aromatic N) is 3. The van der Waals surface area contributed by atoms with E-state index in [0.29, 0.717) is 17.5 Å². The van der Waals surface area contributed by atoms with Crippen LogP contribution in [0.3, 0.4) is 0 Å². The molecule has 1 fully saturated rings. The summed E-state index contributed by atoms with van der Waals surface area (Å²) in [5, 5.41) is 0. The van der Waals surface area contributed by atoms with Gasteiger partial charge in [0.05, 0.1) is 7.11 Å². The molecule has 1 aromatic carbocycles. The second kappa shape index (κ2) is 8.32. The molecule has 0 atom stereocenters. The quantitative estimate of drug-likeness (QED) is 0.767. The SMILES string of the molecule is COc1ccc(C(=O)N2CC(N(Cc3cccnc3)CC(C)C)C2)cc1. The van der Waals surface area contributed by atoms with Crippen molar-refractivity contribution in [1.82, 2.24) is 14.8 Å². The fourth-order valence-corrected chi connectivity index (χ4v) is 3.31. The third kappa shape index (κ3) is 4.41. The maximum atomic E-state index is 12.6. The molecule has 1 aromatic heterocycles. The molecule has 5 nitrogen and oxygen atoms in total. The van der Waals surface area contributed by atoms with Gasteiger partial charge in [-0.15, -0.1) is 0 Å². The predicted octanol–water partition coefficient (Wildman–Crippen LogP) is 3.07. The van der Waals surface area contributed by atoms with Gasteiger partial charge in [0.1, 0.15) is 5.75 Å². The highest BCUT2D eigenvalue weighted by Crippen LogP contribution is 2.22. The first kappa shape index (κ1) is 18.4. The number of rotatable bonds is 7. The van der Waals surface area contributed by atoms with E-state index in [1.807, 2.05) is 41.4 Å². The average Bonchev–Trinajstić information content (AvgIpc) is 2.60. The van der Waals surface area contributed by atoms with Crippen molar-refractivity contribution in [2.75, 3.05) is 26.7 Å². The molecule has 1 aliphatic rings. The third-order valence-electron chi connectivity index (χ3n) is 4.71. The van der Waals surface area contributed by atoms with Crippen LogP contribution in [-0.4, -0.2) is 53.5 Å². The van der Waals surface area contributed by atoms with Crippen LogP contribution in [0, 0.1) is 5.92 Å². The summed E-state index contributed by atoms with van der Waals surface area (Å²) >= 11 is 0. The number of methoxy groups -OCH3 is 1. The molecule has 0 N–H and O–H groups in total. The fraction of sp³-hybridized carbons (Fsp3) is 0.429. The number of benzene rings is 1. The molecule has 1 aliphatic heterocycles. The van der Waals surface area contributed by atoms with Gasteiger partial charge in [-0.1, -0.05) is 19.9 Å². The Labute approximate surface area is 155 Å². The summed E-state index contributed by atoms with van der Waals surface area (Å²) in [7, 11) is 1.63. The Morgan fingerprint density at radius 2 is 2.00 bits per heavy atom. The maximum absolute atomic E-state index is 12.6. The standard InChI is InChI=1S/C21H27N3O2/c1-16(2)12-23(13-17-5-4-10-22-11-17)19-14-24(15-19)21(25)18-6-8-20(26-3)9-7-18/h4-11,16,19H,12-15H2,1-3H3. The lowest BCUT2D eigenvalue weighted by Crippen LogP contribution is -2.61. The van der Waals surface area contributed by atoms with Gasteiger partial charge in [0.2, 0.25) is 0 Å². The Balaban J connectivity index is 1.60. The van der Waals surface area contributed by atoms with Crippen LogP contribution in [0.1, 0.15) is 29.8 Å². The van der Waals surface area contributed by atoms with Crippen molar-refractivity contribution >= 4 is 5.91 Å². The van der Waals surface area contributed by atoms with Crippen LogP contribution in [0.15, 0.2) is 48.8 Å². The molecular formula is C21H27N3O2. The third-order valence-corrected chi connectivity index (χ3v) is 4.71. The minimum atomic E-state index is 0.0924. The van der Waals surface area contributed by atoms with E-state index in [-0.39, 0.29) is 5.91 Å². The molecule has 2 aromatic rings. The second-order valence-electron chi connectivity index (χ2n) is 7.28. The van der Waals surface area contributed by atoms with Crippen LogP contribution < -0.4 is 4.74 Å². The topological polar surface area (TPSA) is 45.7 Å². The average molecular weight is 353 g/mol. The molecule has 0 aliphatic carbocycles. The zero-order valence-electron chi connectivity index (χ0n) is 15.8. The molecular weight excluding hydrogens is 326 g/mol. The number of carbonyl (C=O) groups is 1. The summed E-state index contributed by atoms with van der Waals surface area (Å²) in [6, 6.07) is 11.8. The maximum Gasteiger partial charge on any atom is 0.253 e. The summed E-state index contributed by atoms with van der Waals surface area (Å²) in [5.74, 6) is 1.44. The number of ether oxygens (including phenoxy) is 1. The molecule has 0 saturated carbocycles. The second-order valence-corrected chi connectivity index (χ2v) is 7.28. The number of hydrogen-bond acceptors (Lipinski definition) is 4. The van der Waals surface area contributed by atoms with Gasteiger partial charge < -0.3 is 9.64 Å². The molecule has 1 saturated heterocycles. The van der Waals surface area contributed by atoms with Crippen molar-refractivity contribution in [2.24, 2.45) is 5.92 Å². The van der Waals surface area contributed by atoms with Gasteiger partial charge in [-0.25, -0.2) is 0 Å². The van der Waals surface area contributed by atoms with Gasteiger partial charge in [-0.2, -0.15) is 0 Å². The van der Waals surface area contributed by atoms with Crippen LogP contribution in [0.25, 0.3) is 0 Å². The summed E-state index contributed by atoms with van der Waals surface area (Å²) in [4.78, 5) is 21.2. The van der Waals surface area contributed by atoms with Gasteiger partial charge in [0.25, 0.3) is 5.91 Å². The molecule has 1 amide bonds. The predicted molar refractivity (Wildman–Crippen MR) is 102 cm³/mol. The smallest absolute Gasteiger partial charge is 0.253 e. The van der Waals surface area contributed by atoms with Gasteiger partial charge in [0.15, 0.2) is 0 Å². The molecule has 5 heteroatoms. The van der Waals surface area contributed by atoms with Gasteiger partial charge >= 0.3 is 0 Å². The van der Waals surface area contributed by atoms with Crippen LogP contribution in [0.2, 0.25) is 0 Å². The van der Waals surface area contributed by atoms with Crippen LogP contribution >= 0.6 is 0 Å². The van der Waals surface area contributed by atoms with Crippen molar-refractivity contribution < 1.29 is 9.53 Å². The molecule has 2 heterocycles. The van der Waals surface area contributed by atoms with E-state index in [1.54, 1.807) is 13.3 Å². The van der Waals surface area contributed by atoms with E-state index >= 15 is 0 Å². The minimum Gasteiger partial charge on any atom is -0.497 e. The molecule has 0 radical (unpaired) electrons. The van der Waals surface area contributed by atoms with Crippen molar-refractivity contribution in [1.29, 1.82) is 0 Å².